The lowest BCUT2D eigenvalue weighted by Gasteiger charge is -2.12. The van der Waals surface area contributed by atoms with Gasteiger partial charge < -0.3 is 11.1 Å². The quantitative estimate of drug-likeness (QED) is 0.861. The number of hydrogen-bond donors (Lipinski definition) is 2. The molecule has 3 N–H and O–H groups in total. The van der Waals surface area contributed by atoms with Crippen LogP contribution in [-0.4, -0.2) is 11.9 Å². The van der Waals surface area contributed by atoms with E-state index < -0.39 is 6.04 Å². The monoisotopic (exact) mass is 304 g/mol. The van der Waals surface area contributed by atoms with Crippen LogP contribution < -0.4 is 11.1 Å². The number of rotatable bonds is 6. The zero-order chi connectivity index (χ0) is 15.9. The van der Waals surface area contributed by atoms with E-state index in [9.17, 15) is 13.6 Å². The fourth-order valence-corrected chi connectivity index (χ4v) is 2.16. The van der Waals surface area contributed by atoms with Gasteiger partial charge in [-0.15, -0.1) is 0 Å². The zero-order valence-corrected chi connectivity index (χ0v) is 12.1. The summed E-state index contributed by atoms with van der Waals surface area (Å²) in [4.78, 5) is 11.8. The first-order chi connectivity index (χ1) is 10.6. The van der Waals surface area contributed by atoms with Gasteiger partial charge in [-0.3, -0.25) is 4.79 Å². The largest absolute Gasteiger partial charge is 0.352 e. The fourth-order valence-electron chi connectivity index (χ4n) is 2.16. The van der Waals surface area contributed by atoms with Crippen LogP contribution in [0.1, 0.15) is 17.5 Å². The van der Waals surface area contributed by atoms with Crippen molar-refractivity contribution in [2.75, 3.05) is 0 Å². The van der Waals surface area contributed by atoms with Crippen molar-refractivity contribution in [3.05, 3.63) is 71.3 Å². The summed E-state index contributed by atoms with van der Waals surface area (Å²) in [6, 6.07) is 12.1. The third-order valence-corrected chi connectivity index (χ3v) is 3.32. The first-order valence-corrected chi connectivity index (χ1v) is 7.05. The normalized spacial score (nSPS) is 12.0. The van der Waals surface area contributed by atoms with Crippen molar-refractivity contribution in [3.63, 3.8) is 0 Å². The van der Waals surface area contributed by atoms with Crippen LogP contribution in [-0.2, 0) is 17.8 Å². The average molecular weight is 304 g/mol. The standard InChI is InChI=1S/C17H18F2N2O/c18-15-7-3-1-5-12(15)9-14(20)10-17(22)21-11-13-6-2-4-8-16(13)19/h1-8,14H,9-11,20H2,(H,21,22)/t14-/m1/s1. The molecule has 5 heteroatoms. The second kappa shape index (κ2) is 7.66. The van der Waals surface area contributed by atoms with Crippen molar-refractivity contribution in [2.24, 2.45) is 5.73 Å². The van der Waals surface area contributed by atoms with Gasteiger partial charge in [-0.1, -0.05) is 36.4 Å². The van der Waals surface area contributed by atoms with E-state index in [0.29, 0.717) is 11.1 Å². The molecule has 0 saturated carbocycles. The zero-order valence-electron chi connectivity index (χ0n) is 12.1. The number of carbonyl (C=O) groups excluding carboxylic acids is 1. The number of nitrogens with two attached hydrogens (primary N) is 1. The first-order valence-electron chi connectivity index (χ1n) is 7.05. The van der Waals surface area contributed by atoms with E-state index in [1.165, 1.54) is 12.1 Å². The molecule has 22 heavy (non-hydrogen) atoms. The van der Waals surface area contributed by atoms with Crippen LogP contribution in [0.15, 0.2) is 48.5 Å². The van der Waals surface area contributed by atoms with Gasteiger partial charge in [-0.2, -0.15) is 0 Å². The molecule has 0 aliphatic heterocycles. The van der Waals surface area contributed by atoms with Gasteiger partial charge in [-0.25, -0.2) is 8.78 Å². The minimum atomic E-state index is -0.488. The lowest BCUT2D eigenvalue weighted by atomic mass is 10.0. The molecule has 0 radical (unpaired) electrons. The highest BCUT2D eigenvalue weighted by Gasteiger charge is 2.12. The van der Waals surface area contributed by atoms with Crippen molar-refractivity contribution in [1.29, 1.82) is 0 Å². The Balaban J connectivity index is 1.82. The highest BCUT2D eigenvalue weighted by Crippen LogP contribution is 2.10. The number of nitrogens with one attached hydrogen (secondary N) is 1. The van der Waals surface area contributed by atoms with Gasteiger partial charge in [0, 0.05) is 24.6 Å². The van der Waals surface area contributed by atoms with Gasteiger partial charge in [0.1, 0.15) is 11.6 Å². The first kappa shape index (κ1) is 16.1. The molecule has 0 bridgehead atoms. The lowest BCUT2D eigenvalue weighted by molar-refractivity contribution is -0.121. The number of hydrogen-bond acceptors (Lipinski definition) is 2. The van der Waals surface area contributed by atoms with E-state index in [-0.39, 0.29) is 36.9 Å². The minimum absolute atomic E-state index is 0.0583. The van der Waals surface area contributed by atoms with Crippen molar-refractivity contribution in [2.45, 2.75) is 25.4 Å². The van der Waals surface area contributed by atoms with Crippen LogP contribution >= 0.6 is 0 Å². The third kappa shape index (κ3) is 4.63. The van der Waals surface area contributed by atoms with E-state index in [4.69, 9.17) is 5.73 Å². The molecule has 116 valence electrons. The highest BCUT2D eigenvalue weighted by atomic mass is 19.1. The molecule has 0 aromatic heterocycles. The van der Waals surface area contributed by atoms with E-state index in [1.807, 2.05) is 0 Å². The van der Waals surface area contributed by atoms with E-state index in [1.54, 1.807) is 36.4 Å². The summed E-state index contributed by atoms with van der Waals surface area (Å²) < 4.78 is 26.9. The molecule has 2 aromatic rings. The van der Waals surface area contributed by atoms with Crippen LogP contribution in [0.5, 0.6) is 0 Å². The molecule has 0 saturated heterocycles. The second-order valence-electron chi connectivity index (χ2n) is 5.13. The van der Waals surface area contributed by atoms with Crippen LogP contribution in [0.25, 0.3) is 0 Å². The maximum absolute atomic E-state index is 13.5. The molecule has 0 aliphatic carbocycles. The molecule has 0 aliphatic rings. The lowest BCUT2D eigenvalue weighted by Crippen LogP contribution is -2.33. The number of amides is 1. The summed E-state index contributed by atoms with van der Waals surface area (Å²) in [6.07, 6.45) is 0.336. The second-order valence-corrected chi connectivity index (χ2v) is 5.13. The Morgan fingerprint density at radius 3 is 2.14 bits per heavy atom. The predicted octanol–water partition coefficient (Wildman–Crippen LogP) is 2.54. The Kier molecular flexibility index (Phi) is 5.61. The molecular weight excluding hydrogens is 286 g/mol. The summed E-state index contributed by atoms with van der Waals surface area (Å²) >= 11 is 0. The third-order valence-electron chi connectivity index (χ3n) is 3.32. The van der Waals surface area contributed by atoms with Crippen molar-refractivity contribution in [3.8, 4) is 0 Å². The summed E-state index contributed by atoms with van der Waals surface area (Å²) in [7, 11) is 0. The number of carbonyl (C=O) groups is 1. The Morgan fingerprint density at radius 1 is 1.00 bits per heavy atom. The van der Waals surface area contributed by atoms with Gasteiger partial charge in [0.05, 0.1) is 0 Å². The number of halogens is 2. The summed E-state index contributed by atoms with van der Waals surface area (Å²) in [5.41, 5.74) is 6.77. The van der Waals surface area contributed by atoms with E-state index >= 15 is 0 Å². The summed E-state index contributed by atoms with van der Waals surface area (Å²) in [5.74, 6) is -0.977. The van der Waals surface area contributed by atoms with Crippen LogP contribution in [0, 0.1) is 11.6 Å². The molecule has 2 rings (SSSR count). The number of benzene rings is 2. The van der Waals surface area contributed by atoms with Gasteiger partial charge in [0.2, 0.25) is 5.91 Å². The molecular formula is C17H18F2N2O. The Bertz CT molecular complexity index is 646. The maximum Gasteiger partial charge on any atom is 0.221 e. The molecule has 2 aromatic carbocycles. The van der Waals surface area contributed by atoms with Gasteiger partial charge >= 0.3 is 0 Å². The minimum Gasteiger partial charge on any atom is -0.352 e. The highest BCUT2D eigenvalue weighted by molar-refractivity contribution is 5.76. The predicted molar refractivity (Wildman–Crippen MR) is 80.9 cm³/mol. The SMILES string of the molecule is N[C@@H](CC(=O)NCc1ccccc1F)Cc1ccccc1F. The topological polar surface area (TPSA) is 55.1 Å². The molecule has 1 amide bonds. The summed E-state index contributed by atoms with van der Waals surface area (Å²) in [5, 5.41) is 2.62. The van der Waals surface area contributed by atoms with Crippen molar-refractivity contribution in [1.82, 2.24) is 5.32 Å². The molecule has 0 heterocycles. The Morgan fingerprint density at radius 2 is 1.55 bits per heavy atom. The summed E-state index contributed by atoms with van der Waals surface area (Å²) in [6.45, 7) is 0.109. The fraction of sp³-hybridized carbons (Fsp3) is 0.235. The van der Waals surface area contributed by atoms with E-state index in [0.717, 1.165) is 0 Å². The molecule has 0 spiro atoms. The smallest absolute Gasteiger partial charge is 0.221 e. The van der Waals surface area contributed by atoms with Gasteiger partial charge in [0.25, 0.3) is 0 Å². The van der Waals surface area contributed by atoms with Crippen molar-refractivity contribution < 1.29 is 13.6 Å². The molecule has 1 atom stereocenters. The molecule has 3 nitrogen and oxygen atoms in total. The Labute approximate surface area is 128 Å². The van der Waals surface area contributed by atoms with Crippen LogP contribution in [0.2, 0.25) is 0 Å². The average Bonchev–Trinajstić information content (AvgIpc) is 2.49. The van der Waals surface area contributed by atoms with E-state index in [2.05, 4.69) is 5.32 Å². The van der Waals surface area contributed by atoms with Crippen LogP contribution in [0.4, 0.5) is 8.78 Å². The Hall–Kier alpha value is -2.27. The molecule has 0 unspecified atom stereocenters. The van der Waals surface area contributed by atoms with Crippen LogP contribution in [0.3, 0.4) is 0 Å². The van der Waals surface area contributed by atoms with Gasteiger partial charge in [-0.05, 0) is 24.1 Å². The van der Waals surface area contributed by atoms with Gasteiger partial charge in [0.15, 0.2) is 0 Å². The maximum atomic E-state index is 13.5. The molecule has 0 fully saturated rings. The van der Waals surface area contributed by atoms with Crippen molar-refractivity contribution >= 4 is 5.91 Å².